The van der Waals surface area contributed by atoms with E-state index in [0.717, 1.165) is 0 Å². The number of hydrogen-bond donors (Lipinski definition) is 1. The molecule has 2 aliphatic rings. The van der Waals surface area contributed by atoms with Gasteiger partial charge in [-0.2, -0.15) is 0 Å². The molecule has 2 aliphatic heterocycles. The Morgan fingerprint density at radius 2 is 1.79 bits per heavy atom. The van der Waals surface area contributed by atoms with Gasteiger partial charge in [0.05, 0.1) is 11.0 Å². The number of nitrogens with one attached hydrogen (secondary N) is 1. The van der Waals surface area contributed by atoms with E-state index < -0.39 is 15.1 Å². The average Bonchev–Trinajstić information content (AvgIpc) is 3.09. The molecule has 2 aromatic carbocycles. The number of hydrogen-bond acceptors (Lipinski definition) is 4. The monoisotopic (exact) mass is 402 g/mol. The Labute approximate surface area is 164 Å². The van der Waals surface area contributed by atoms with Crippen LogP contribution in [0, 0.1) is 17.7 Å². The van der Waals surface area contributed by atoms with Gasteiger partial charge in [-0.25, -0.2) is 12.8 Å². The molecule has 0 saturated carbocycles. The number of likely N-dealkylation sites (tertiary alicyclic amines) is 1. The van der Waals surface area contributed by atoms with Crippen LogP contribution in [0.3, 0.4) is 0 Å². The van der Waals surface area contributed by atoms with Gasteiger partial charge in [0, 0.05) is 42.7 Å². The molecule has 148 valence electrons. The van der Waals surface area contributed by atoms with Crippen LogP contribution in [-0.4, -0.2) is 43.3 Å². The third kappa shape index (κ3) is 3.82. The normalized spacial score (nSPS) is 26.5. The molecular weight excluding hydrogens is 379 g/mol. The number of para-hydroxylation sites is 1. The predicted octanol–water partition coefficient (Wildman–Crippen LogP) is 2.70. The van der Waals surface area contributed by atoms with Gasteiger partial charge in [-0.15, -0.1) is 0 Å². The molecule has 2 fully saturated rings. The zero-order valence-corrected chi connectivity index (χ0v) is 16.2. The molecule has 7 heteroatoms. The molecule has 0 bridgehead atoms. The summed E-state index contributed by atoms with van der Waals surface area (Å²) in [5.74, 6) is -1.04. The smallest absolute Gasteiger partial charge is 0.227 e. The van der Waals surface area contributed by atoms with Gasteiger partial charge in [0.25, 0.3) is 0 Å². The molecule has 1 amide bonds. The van der Waals surface area contributed by atoms with Crippen LogP contribution in [0.4, 0.5) is 10.1 Å². The number of sulfone groups is 1. The summed E-state index contributed by atoms with van der Waals surface area (Å²) in [5, 5.41) is 2.34. The highest BCUT2D eigenvalue weighted by molar-refractivity contribution is 7.92. The summed E-state index contributed by atoms with van der Waals surface area (Å²) in [6.45, 7) is 1.17. The Morgan fingerprint density at radius 3 is 2.54 bits per heavy atom. The largest absolute Gasteiger partial charge is 0.326 e. The Bertz CT molecular complexity index is 965. The summed E-state index contributed by atoms with van der Waals surface area (Å²) >= 11 is 0. The summed E-state index contributed by atoms with van der Waals surface area (Å²) in [6.07, 6.45) is 0.329. The molecule has 0 radical (unpaired) electrons. The summed E-state index contributed by atoms with van der Waals surface area (Å²) in [4.78, 5) is 14.8. The van der Waals surface area contributed by atoms with Crippen molar-refractivity contribution in [1.29, 1.82) is 0 Å². The van der Waals surface area contributed by atoms with Crippen molar-refractivity contribution in [1.82, 2.24) is 4.90 Å². The number of nitrogens with zero attached hydrogens (tertiary/aromatic N) is 1. The van der Waals surface area contributed by atoms with Gasteiger partial charge in [-0.05, 0) is 24.6 Å². The molecule has 3 atom stereocenters. The Kier molecular flexibility index (Phi) is 5.21. The standard InChI is InChI=1S/C21H23FN2O3S/c22-19-9-5-4-6-15(19)12-24-13-18-17(10-11-28(26,27)20(18)14-24)21(25)23-16-7-2-1-3-8-16/h1-9,17-18,20H,10-14H2,(H,23,25)/t17-,18-,20-/m1/s1. The van der Waals surface area contributed by atoms with Crippen LogP contribution in [0.15, 0.2) is 54.6 Å². The Balaban J connectivity index is 1.52. The van der Waals surface area contributed by atoms with E-state index in [9.17, 15) is 17.6 Å². The summed E-state index contributed by atoms with van der Waals surface area (Å²) in [7, 11) is -3.25. The lowest BCUT2D eigenvalue weighted by Crippen LogP contribution is -2.45. The van der Waals surface area contributed by atoms with E-state index in [2.05, 4.69) is 5.32 Å². The zero-order valence-electron chi connectivity index (χ0n) is 15.4. The highest BCUT2D eigenvalue weighted by Gasteiger charge is 2.50. The molecule has 0 aliphatic carbocycles. The second-order valence-corrected chi connectivity index (χ2v) is 9.94. The molecule has 2 saturated heterocycles. The average molecular weight is 402 g/mol. The predicted molar refractivity (Wildman–Crippen MR) is 106 cm³/mol. The van der Waals surface area contributed by atoms with Crippen LogP contribution >= 0.6 is 0 Å². The lowest BCUT2D eigenvalue weighted by Gasteiger charge is -2.31. The van der Waals surface area contributed by atoms with Gasteiger partial charge in [0.2, 0.25) is 5.91 Å². The quantitative estimate of drug-likeness (QED) is 0.854. The number of benzene rings is 2. The minimum absolute atomic E-state index is 0.0224. The molecule has 0 spiro atoms. The maximum atomic E-state index is 14.0. The summed E-state index contributed by atoms with van der Waals surface area (Å²) in [6, 6.07) is 15.7. The Morgan fingerprint density at radius 1 is 1.07 bits per heavy atom. The van der Waals surface area contributed by atoms with Crippen molar-refractivity contribution in [3.05, 3.63) is 66.0 Å². The van der Waals surface area contributed by atoms with E-state index in [0.29, 0.717) is 37.3 Å². The van der Waals surface area contributed by atoms with E-state index in [1.54, 1.807) is 18.2 Å². The van der Waals surface area contributed by atoms with Crippen molar-refractivity contribution in [2.45, 2.75) is 18.2 Å². The van der Waals surface area contributed by atoms with Crippen molar-refractivity contribution >= 4 is 21.4 Å². The molecule has 0 unspecified atom stereocenters. The fourth-order valence-corrected chi connectivity index (χ4v) is 6.51. The molecule has 1 N–H and O–H groups in total. The number of carbonyl (C=O) groups excluding carboxylic acids is 1. The second-order valence-electron chi connectivity index (χ2n) is 7.61. The van der Waals surface area contributed by atoms with E-state index >= 15 is 0 Å². The molecule has 28 heavy (non-hydrogen) atoms. The van der Waals surface area contributed by atoms with E-state index in [-0.39, 0.29) is 29.3 Å². The van der Waals surface area contributed by atoms with Crippen LogP contribution in [-0.2, 0) is 21.2 Å². The fraction of sp³-hybridized carbons (Fsp3) is 0.381. The van der Waals surface area contributed by atoms with Gasteiger partial charge in [0.1, 0.15) is 5.82 Å². The SMILES string of the molecule is O=C(Nc1ccccc1)[C@@H]1CCS(=O)(=O)[C@@H]2CN(Cc3ccccc3F)C[C@@H]21. The lowest BCUT2D eigenvalue weighted by atomic mass is 9.87. The lowest BCUT2D eigenvalue weighted by molar-refractivity contribution is -0.121. The first-order valence-electron chi connectivity index (χ1n) is 9.47. The van der Waals surface area contributed by atoms with E-state index in [1.807, 2.05) is 35.2 Å². The number of amides is 1. The van der Waals surface area contributed by atoms with Crippen molar-refractivity contribution in [3.8, 4) is 0 Å². The molecule has 2 aromatic rings. The minimum atomic E-state index is -3.25. The Hall–Kier alpha value is -2.25. The third-order valence-electron chi connectivity index (χ3n) is 5.81. The van der Waals surface area contributed by atoms with Crippen LogP contribution in [0.2, 0.25) is 0 Å². The second kappa shape index (κ2) is 7.64. The molecule has 5 nitrogen and oxygen atoms in total. The first kappa shape index (κ1) is 19.1. The van der Waals surface area contributed by atoms with Gasteiger partial charge in [0.15, 0.2) is 9.84 Å². The molecular formula is C21H23FN2O3S. The third-order valence-corrected chi connectivity index (χ3v) is 8.03. The molecule has 4 rings (SSSR count). The first-order chi connectivity index (χ1) is 13.4. The number of carbonyl (C=O) groups is 1. The van der Waals surface area contributed by atoms with Crippen LogP contribution < -0.4 is 5.32 Å². The van der Waals surface area contributed by atoms with Gasteiger partial charge < -0.3 is 5.32 Å². The summed E-state index contributed by atoms with van der Waals surface area (Å²) < 4.78 is 39.2. The van der Waals surface area contributed by atoms with E-state index in [4.69, 9.17) is 0 Å². The van der Waals surface area contributed by atoms with Crippen molar-refractivity contribution < 1.29 is 17.6 Å². The highest BCUT2D eigenvalue weighted by atomic mass is 32.2. The number of anilines is 1. The number of halogens is 1. The zero-order chi connectivity index (χ0) is 19.7. The van der Waals surface area contributed by atoms with Crippen LogP contribution in [0.5, 0.6) is 0 Å². The van der Waals surface area contributed by atoms with Gasteiger partial charge >= 0.3 is 0 Å². The molecule has 0 aromatic heterocycles. The van der Waals surface area contributed by atoms with Crippen molar-refractivity contribution in [2.75, 3.05) is 24.2 Å². The van der Waals surface area contributed by atoms with E-state index in [1.165, 1.54) is 6.07 Å². The maximum Gasteiger partial charge on any atom is 0.227 e. The topological polar surface area (TPSA) is 66.5 Å². The minimum Gasteiger partial charge on any atom is -0.326 e. The number of rotatable bonds is 4. The van der Waals surface area contributed by atoms with Crippen LogP contribution in [0.25, 0.3) is 0 Å². The highest BCUT2D eigenvalue weighted by Crippen LogP contribution is 2.38. The first-order valence-corrected chi connectivity index (χ1v) is 11.2. The summed E-state index contributed by atoms with van der Waals surface area (Å²) in [5.41, 5.74) is 1.25. The fourth-order valence-electron chi connectivity index (χ4n) is 4.38. The van der Waals surface area contributed by atoms with Crippen LogP contribution in [0.1, 0.15) is 12.0 Å². The van der Waals surface area contributed by atoms with Gasteiger partial charge in [-0.3, -0.25) is 9.69 Å². The maximum absolute atomic E-state index is 14.0. The molecule has 2 heterocycles. The van der Waals surface area contributed by atoms with Crippen molar-refractivity contribution in [3.63, 3.8) is 0 Å². The number of fused-ring (bicyclic) bond motifs is 1. The van der Waals surface area contributed by atoms with Gasteiger partial charge in [-0.1, -0.05) is 36.4 Å². The van der Waals surface area contributed by atoms with Crippen molar-refractivity contribution in [2.24, 2.45) is 11.8 Å².